The average Bonchev–Trinajstić information content (AvgIpc) is 2.72. The number of piperidine rings is 1. The number of benzene rings is 2. The van der Waals surface area contributed by atoms with Crippen LogP contribution in [0.15, 0.2) is 39.5 Å². The number of hydrogen-bond acceptors (Lipinski definition) is 7. The van der Waals surface area contributed by atoms with Crippen molar-refractivity contribution in [3.05, 3.63) is 51.1 Å². The first-order valence-electron chi connectivity index (χ1n) is 9.96. The number of phosphoric ester groups is 1. The number of halogens is 1. The van der Waals surface area contributed by atoms with Crippen LogP contribution in [0.3, 0.4) is 0 Å². The van der Waals surface area contributed by atoms with Crippen molar-refractivity contribution in [2.24, 2.45) is 0 Å². The molecule has 2 aromatic carbocycles. The molecule has 0 bridgehead atoms. The second-order valence-electron chi connectivity index (χ2n) is 7.97. The SMILES string of the molecule is [B]c1c(OP(=O)(O)O)c([C@H]2CCN(C)C[C@H]2O)c2oc(-c3ccccc3Cl)cc(=O)c2c1O. The van der Waals surface area contributed by atoms with Gasteiger partial charge in [0.1, 0.15) is 36.1 Å². The molecule has 2 radical (unpaired) electrons. The number of rotatable bonds is 4. The molecular weight excluding hydrogens is 471 g/mol. The first-order valence-corrected chi connectivity index (χ1v) is 11.9. The third-order valence-electron chi connectivity index (χ3n) is 5.68. The van der Waals surface area contributed by atoms with Crippen molar-refractivity contribution < 1.29 is 33.5 Å². The van der Waals surface area contributed by atoms with Gasteiger partial charge in [0.2, 0.25) is 0 Å². The first kappa shape index (κ1) is 23.8. The summed E-state index contributed by atoms with van der Waals surface area (Å²) in [6, 6.07) is 7.76. The van der Waals surface area contributed by atoms with Gasteiger partial charge in [-0.15, -0.1) is 0 Å². The fraction of sp³-hybridized carbons (Fsp3) is 0.286. The molecule has 1 fully saturated rings. The zero-order valence-electron chi connectivity index (χ0n) is 17.4. The molecule has 4 N–H and O–H groups in total. The van der Waals surface area contributed by atoms with E-state index in [-0.39, 0.29) is 28.8 Å². The predicted molar refractivity (Wildman–Crippen MR) is 124 cm³/mol. The Morgan fingerprint density at radius 3 is 2.64 bits per heavy atom. The molecular formula is C21H20BClNO8P. The Morgan fingerprint density at radius 1 is 1.30 bits per heavy atom. The highest BCUT2D eigenvalue weighted by atomic mass is 35.5. The van der Waals surface area contributed by atoms with Crippen LogP contribution in [0.2, 0.25) is 5.02 Å². The molecule has 2 atom stereocenters. The van der Waals surface area contributed by atoms with Gasteiger partial charge in [-0.1, -0.05) is 23.7 Å². The molecule has 9 nitrogen and oxygen atoms in total. The summed E-state index contributed by atoms with van der Waals surface area (Å²) in [7, 11) is 2.64. The minimum absolute atomic E-state index is 0.00442. The van der Waals surface area contributed by atoms with Gasteiger partial charge in [0.25, 0.3) is 0 Å². The molecule has 0 saturated carbocycles. The van der Waals surface area contributed by atoms with Gasteiger partial charge in [-0.2, -0.15) is 0 Å². The highest BCUT2D eigenvalue weighted by Gasteiger charge is 2.36. The Kier molecular flexibility index (Phi) is 6.35. The number of hydrogen-bond donors (Lipinski definition) is 4. The summed E-state index contributed by atoms with van der Waals surface area (Å²) in [6.45, 7) is 0.782. The highest BCUT2D eigenvalue weighted by molar-refractivity contribution is 7.46. The number of phenols is 1. The van der Waals surface area contributed by atoms with Crippen LogP contribution in [0.5, 0.6) is 11.5 Å². The molecule has 0 aliphatic carbocycles. The summed E-state index contributed by atoms with van der Waals surface area (Å²) in [5.41, 5.74) is -0.996. The van der Waals surface area contributed by atoms with Crippen molar-refractivity contribution in [2.75, 3.05) is 20.1 Å². The molecule has 0 unspecified atom stereocenters. The molecule has 12 heteroatoms. The normalized spacial score (nSPS) is 19.7. The minimum atomic E-state index is -5.14. The Balaban J connectivity index is 2.10. The van der Waals surface area contributed by atoms with E-state index in [0.717, 1.165) is 6.07 Å². The maximum absolute atomic E-state index is 13.0. The van der Waals surface area contributed by atoms with Crippen molar-refractivity contribution in [1.29, 1.82) is 0 Å². The van der Waals surface area contributed by atoms with Crippen LogP contribution in [-0.2, 0) is 4.57 Å². The van der Waals surface area contributed by atoms with Gasteiger partial charge < -0.3 is 24.1 Å². The number of β-amino-alcohol motifs (C(OH)–C–C–N with tert-alkyl or cyclic N) is 1. The van der Waals surface area contributed by atoms with E-state index in [9.17, 15) is 29.4 Å². The molecule has 3 aromatic rings. The fourth-order valence-corrected chi connectivity index (χ4v) is 4.84. The van der Waals surface area contributed by atoms with Gasteiger partial charge in [0.05, 0.1) is 11.1 Å². The van der Waals surface area contributed by atoms with E-state index in [0.29, 0.717) is 23.6 Å². The Bertz CT molecular complexity index is 1340. The Hall–Kier alpha value is -2.33. The predicted octanol–water partition coefficient (Wildman–Crippen LogP) is 1.86. The topological polar surface area (TPSA) is 141 Å². The highest BCUT2D eigenvalue weighted by Crippen LogP contribution is 2.47. The van der Waals surface area contributed by atoms with Gasteiger partial charge >= 0.3 is 7.82 Å². The maximum Gasteiger partial charge on any atom is 0.524 e. The third-order valence-corrected chi connectivity index (χ3v) is 6.43. The Labute approximate surface area is 194 Å². The van der Waals surface area contributed by atoms with Crippen LogP contribution in [0.25, 0.3) is 22.3 Å². The van der Waals surface area contributed by atoms with Crippen molar-refractivity contribution >= 4 is 43.7 Å². The van der Waals surface area contributed by atoms with Crippen molar-refractivity contribution in [2.45, 2.75) is 18.4 Å². The third kappa shape index (κ3) is 4.55. The smallest absolute Gasteiger partial charge is 0.508 e. The number of nitrogens with zero attached hydrogens (tertiary/aromatic N) is 1. The van der Waals surface area contributed by atoms with Gasteiger partial charge in [-0.3, -0.25) is 14.6 Å². The van der Waals surface area contributed by atoms with Crippen LogP contribution in [0.1, 0.15) is 17.9 Å². The zero-order chi connectivity index (χ0) is 24.1. The average molecular weight is 492 g/mol. The van der Waals surface area contributed by atoms with Crippen LogP contribution < -0.4 is 15.4 Å². The molecule has 0 amide bonds. The quantitative estimate of drug-likeness (QED) is 0.318. The van der Waals surface area contributed by atoms with Crippen molar-refractivity contribution in [3.8, 4) is 22.8 Å². The first-order chi connectivity index (χ1) is 15.5. The largest absolute Gasteiger partial charge is 0.524 e. The summed E-state index contributed by atoms with van der Waals surface area (Å²) < 4.78 is 22.6. The van der Waals surface area contributed by atoms with E-state index >= 15 is 0 Å². The lowest BCUT2D eigenvalue weighted by atomic mass is 9.80. The van der Waals surface area contributed by atoms with E-state index in [2.05, 4.69) is 0 Å². The Morgan fingerprint density at radius 2 is 2.00 bits per heavy atom. The number of aromatic hydroxyl groups is 1. The minimum Gasteiger partial charge on any atom is -0.508 e. The number of likely N-dealkylation sites (N-methyl/N-ethyl adjacent to an activating group) is 1. The molecule has 1 aliphatic heterocycles. The van der Waals surface area contributed by atoms with E-state index in [1.165, 1.54) is 0 Å². The maximum atomic E-state index is 13.0. The number of phenolic OH excluding ortho intramolecular Hbond substituents is 1. The molecule has 33 heavy (non-hydrogen) atoms. The summed E-state index contributed by atoms with van der Waals surface area (Å²) >= 11 is 6.26. The zero-order valence-corrected chi connectivity index (χ0v) is 19.1. The van der Waals surface area contributed by atoms with Gasteiger partial charge in [0, 0.05) is 29.7 Å². The van der Waals surface area contributed by atoms with Crippen LogP contribution in [0, 0.1) is 0 Å². The second kappa shape index (κ2) is 8.79. The number of likely N-dealkylation sites (tertiary alicyclic amines) is 1. The van der Waals surface area contributed by atoms with Crippen LogP contribution >= 0.6 is 19.4 Å². The van der Waals surface area contributed by atoms with E-state index in [1.807, 2.05) is 11.9 Å². The summed E-state index contributed by atoms with van der Waals surface area (Å²) in [4.78, 5) is 33.9. The van der Waals surface area contributed by atoms with Gasteiger partial charge in [0.15, 0.2) is 5.43 Å². The molecule has 1 aliphatic rings. The lowest BCUT2D eigenvalue weighted by Gasteiger charge is -2.35. The van der Waals surface area contributed by atoms with Crippen LogP contribution in [-0.4, -0.2) is 59.0 Å². The summed E-state index contributed by atoms with van der Waals surface area (Å²) in [5, 5.41) is 21.5. The summed E-state index contributed by atoms with van der Waals surface area (Å²) in [6.07, 6.45) is -0.654. The van der Waals surface area contributed by atoms with Crippen molar-refractivity contribution in [1.82, 2.24) is 4.90 Å². The number of aliphatic hydroxyl groups is 1. The van der Waals surface area contributed by atoms with Gasteiger partial charge in [-0.05, 0) is 37.6 Å². The molecule has 1 aromatic heterocycles. The second-order valence-corrected chi connectivity index (χ2v) is 9.54. The summed E-state index contributed by atoms with van der Waals surface area (Å²) in [5.74, 6) is -1.97. The molecule has 1 saturated heterocycles. The van der Waals surface area contributed by atoms with E-state index in [4.69, 9.17) is 28.4 Å². The lowest BCUT2D eigenvalue weighted by Crippen LogP contribution is -2.41. The van der Waals surface area contributed by atoms with E-state index in [1.54, 1.807) is 24.3 Å². The monoisotopic (exact) mass is 491 g/mol. The fourth-order valence-electron chi connectivity index (χ4n) is 4.17. The molecule has 2 heterocycles. The standard InChI is InChI=1S/C21H20BClNO8P/c1-24-7-6-11(14(26)9-24)16-20-17(19(27)18(22)21(16)32-33(28,29)30)13(25)8-15(31-20)10-4-2-3-5-12(10)23/h2-5,8,11,14,26-27H,6-7,9H2,1H3,(H2,28,29,30)/t11-,14+/m0/s1. The number of fused-ring (bicyclic) bond motifs is 1. The van der Waals surface area contributed by atoms with Crippen molar-refractivity contribution in [3.63, 3.8) is 0 Å². The molecule has 172 valence electrons. The van der Waals surface area contributed by atoms with Gasteiger partial charge in [-0.25, -0.2) is 4.57 Å². The number of aliphatic hydroxyl groups excluding tert-OH is 1. The number of phosphoric acid groups is 1. The lowest BCUT2D eigenvalue weighted by molar-refractivity contribution is 0.0632. The van der Waals surface area contributed by atoms with Crippen LogP contribution in [0.4, 0.5) is 0 Å². The molecule has 0 spiro atoms. The molecule has 4 rings (SSSR count). The van der Waals surface area contributed by atoms with E-state index < -0.39 is 42.2 Å².